The zero-order chi connectivity index (χ0) is 106. The molecule has 41 heteroatoms. The second kappa shape index (κ2) is 45.4. The summed E-state index contributed by atoms with van der Waals surface area (Å²) in [6.07, 6.45) is 23.8. The lowest BCUT2D eigenvalue weighted by Gasteiger charge is -2.37. The number of nitrogens with one attached hydrogen (secondary N) is 6. The molecule has 9 aromatic heterocycles. The average molecular weight is 2060 g/mol. The zero-order valence-corrected chi connectivity index (χ0v) is 85.0. The van der Waals surface area contributed by atoms with E-state index in [4.69, 9.17) is 102 Å². The number of aryl methyl sites for hydroxylation is 1. The fraction of sp³-hybridized carbons (Fsp3) is 0.339. The molecule has 3 unspecified atom stereocenters. The van der Waals surface area contributed by atoms with Crippen molar-refractivity contribution in [1.29, 1.82) is 0 Å². The number of oxazole rings is 4. The number of fused-ring (bicyclic) bond motifs is 4. The lowest BCUT2D eigenvalue weighted by atomic mass is 9.73. The third-order valence-corrected chi connectivity index (χ3v) is 28.6. The number of ether oxygens (including phenoxy) is 6. The quantitative estimate of drug-likeness (QED) is 0.0142. The van der Waals surface area contributed by atoms with Crippen LogP contribution in [0.15, 0.2) is 225 Å². The van der Waals surface area contributed by atoms with Crippen molar-refractivity contribution in [3.05, 3.63) is 327 Å². The predicted molar refractivity (Wildman–Crippen MR) is 564 cm³/mol. The minimum absolute atomic E-state index is 0. The molecular weight excluding hydrogens is 1930 g/mol. The Morgan fingerprint density at radius 2 is 0.767 bits per heavy atom. The molecule has 12 heterocycles. The van der Waals surface area contributed by atoms with Crippen molar-refractivity contribution in [2.24, 2.45) is 5.73 Å². The standard InChI is InChI=1S/2C29H32N6O4.C20H20ClN5O3.C20H22N6O2.C10H13BO3.CH4.H2/c2*1-18-25(27-30-13-14-39-27)33-28(31-17-20-7-10-22(37-2)16-23(20)38-3)35-26(18)32-24(34-35)15-19-5-8-21(9-6-19)29(36)11-4-12-29;1-12-15(20-22-6-7-29-20)9-18(26-19(12)24-17(10-21)25-26)23-11-13-4-5-14(27-2)8-16(13)28-3;1-12-16(18-22-9-10-28-18)24-19(21)26-17(12)23-15(25-26)11-13-3-5-14(6-4-13)20(27)7-2-8-20;12-10(6-1-7-10)8-2-4-9(5-3-8)11(13)14;;/h2*5-10,13-14,16,28,31,33,36H,4,11-12,15,17H2,1-3H3;4-9,23H,10-11H2,1-3H3;3-6,9-10,19,24,27H,2,7-8,11,21H2,1H3;2-5,12-14H,1,6-7H2;1H4;1H/i;;;;;;1+1D. The van der Waals surface area contributed by atoms with Crippen molar-refractivity contribution in [2.75, 3.05) is 48.0 Å². The molecule has 0 saturated heterocycles. The van der Waals surface area contributed by atoms with Crippen molar-refractivity contribution in [3.63, 3.8) is 0 Å². The van der Waals surface area contributed by atoms with Gasteiger partial charge in [0.05, 0.1) is 95.7 Å². The fourth-order valence-electron chi connectivity index (χ4n) is 19.0. The van der Waals surface area contributed by atoms with Gasteiger partial charge in [0.2, 0.25) is 23.6 Å². The number of anilines is 1. The molecule has 0 radical (unpaired) electrons. The van der Waals surface area contributed by atoms with E-state index >= 15 is 0 Å². The number of hydrogen-bond donors (Lipinski definition) is 13. The highest BCUT2D eigenvalue weighted by molar-refractivity contribution is 6.58. The fourth-order valence-corrected chi connectivity index (χ4v) is 19.1. The molecule has 0 spiro atoms. The van der Waals surface area contributed by atoms with Crippen LogP contribution in [0.2, 0.25) is 0 Å². The van der Waals surface area contributed by atoms with E-state index in [0.717, 1.165) is 230 Å². The van der Waals surface area contributed by atoms with Crippen LogP contribution in [0.3, 0.4) is 0 Å². The van der Waals surface area contributed by atoms with Gasteiger partial charge in [-0.25, -0.2) is 53.9 Å². The van der Waals surface area contributed by atoms with Crippen LogP contribution in [-0.2, 0) is 67.2 Å². The monoisotopic (exact) mass is 2060 g/mol. The van der Waals surface area contributed by atoms with Gasteiger partial charge in [0.25, 0.3) is 0 Å². The van der Waals surface area contributed by atoms with E-state index in [-0.39, 0.29) is 13.3 Å². The summed E-state index contributed by atoms with van der Waals surface area (Å²) in [6.45, 7) is 9.37. The summed E-state index contributed by atoms with van der Waals surface area (Å²) in [5, 5.41) is 99.0. The van der Waals surface area contributed by atoms with Gasteiger partial charge in [0, 0.05) is 105 Å². The van der Waals surface area contributed by atoms with Crippen LogP contribution in [0.4, 0.5) is 5.82 Å². The highest BCUT2D eigenvalue weighted by Gasteiger charge is 2.41. The molecule has 23 rings (SSSR count). The maximum atomic E-state index is 10.7. The maximum Gasteiger partial charge on any atom is 0.488 e. The molecule has 4 saturated carbocycles. The van der Waals surface area contributed by atoms with E-state index < -0.39 is 48.4 Å². The van der Waals surface area contributed by atoms with Crippen molar-refractivity contribution < 1.29 is 79.5 Å². The van der Waals surface area contributed by atoms with E-state index in [1.807, 2.05) is 146 Å². The SMILES string of the molecule is C.CC1=C(c2ncco2)NC(N)n2nc(Cc3ccc(C4(O)CCC4)cc3)nc21.COc1ccc(CNC2NC(c3ncco3)=C(C)c3nc(Cc4ccc(C5(O)CCC5)cc4)nn32)c(OC)c1.COc1ccc(CNC2NC(c3ncco3)=C(C)c3nc(Cc4ccc(C5(O)CCC5)cc4)nn32)c(OC)c1.COc1ccc(CNc2cc(-c3ncco3)c(C)c3nc(CCl)nn23)c(OC)c1.OB(O)c1ccc(C2(O)CCC2)cc1.[2H][2H]. The first-order valence-corrected chi connectivity index (χ1v) is 49.8. The first-order chi connectivity index (χ1) is 73.2. The summed E-state index contributed by atoms with van der Waals surface area (Å²) >= 11 is 5.97. The van der Waals surface area contributed by atoms with Gasteiger partial charge in [-0.15, -0.1) is 16.7 Å². The molecule has 4 fully saturated rings. The molecular formula is C109H125BClN23O16. The van der Waals surface area contributed by atoms with Gasteiger partial charge in [0.15, 0.2) is 65.3 Å². The summed E-state index contributed by atoms with van der Waals surface area (Å²) in [4.78, 5) is 36.2. The van der Waals surface area contributed by atoms with Gasteiger partial charge >= 0.3 is 7.12 Å². The molecule has 7 aliphatic rings. The molecule has 782 valence electrons. The number of halogens is 1. The summed E-state index contributed by atoms with van der Waals surface area (Å²) in [7, 11) is 8.38. The Hall–Kier alpha value is -15.4. The Morgan fingerprint density at radius 3 is 1.09 bits per heavy atom. The minimum Gasteiger partial charge on any atom is -0.497 e. The van der Waals surface area contributed by atoms with Gasteiger partial charge in [-0.2, -0.15) is 19.8 Å². The summed E-state index contributed by atoms with van der Waals surface area (Å²) in [6, 6.07) is 50.3. The second-order valence-corrected chi connectivity index (χ2v) is 38.0. The predicted octanol–water partition coefficient (Wildman–Crippen LogP) is 14.8. The Balaban J connectivity index is 0.000000132. The van der Waals surface area contributed by atoms with E-state index in [1.54, 1.807) is 120 Å². The molecule has 39 nitrogen and oxygen atoms in total. The molecule has 16 aromatic rings. The second-order valence-electron chi connectivity index (χ2n) is 37.7. The first kappa shape index (κ1) is 103. The van der Waals surface area contributed by atoms with Crippen LogP contribution in [0, 0.1) is 6.92 Å². The first-order valence-electron chi connectivity index (χ1n) is 50.3. The molecule has 3 aliphatic heterocycles. The van der Waals surface area contributed by atoms with Crippen LogP contribution in [0.5, 0.6) is 34.5 Å². The summed E-state index contributed by atoms with van der Waals surface area (Å²) < 4.78 is 71.9. The number of rotatable bonds is 31. The molecule has 4 aliphatic carbocycles. The number of nitrogens with two attached hydrogens (primary N) is 1. The van der Waals surface area contributed by atoms with E-state index in [2.05, 4.69) is 91.3 Å². The number of hydrogen-bond acceptors (Lipinski definition) is 35. The largest absolute Gasteiger partial charge is 0.497 e. The highest BCUT2D eigenvalue weighted by Crippen LogP contribution is 2.46. The van der Waals surface area contributed by atoms with Crippen LogP contribution in [0.25, 0.3) is 50.9 Å². The Morgan fingerprint density at radius 1 is 0.427 bits per heavy atom. The minimum atomic E-state index is -1.43. The maximum absolute atomic E-state index is 10.7. The van der Waals surface area contributed by atoms with Crippen molar-refractivity contribution in [1.82, 2.24) is 105 Å². The normalized spacial score (nSPS) is 17.0. The van der Waals surface area contributed by atoms with Crippen molar-refractivity contribution in [2.45, 2.75) is 198 Å². The number of benzene rings is 7. The third-order valence-electron chi connectivity index (χ3n) is 28.3. The van der Waals surface area contributed by atoms with Crippen molar-refractivity contribution >= 4 is 69.5 Å². The van der Waals surface area contributed by atoms with Gasteiger partial charge in [0.1, 0.15) is 82.5 Å². The van der Waals surface area contributed by atoms with E-state index in [0.29, 0.717) is 103 Å². The number of methoxy groups -OCH3 is 6. The summed E-state index contributed by atoms with van der Waals surface area (Å²) in [5.74, 6) is 12.1. The number of aliphatic hydroxyl groups is 4. The van der Waals surface area contributed by atoms with E-state index in [9.17, 15) is 20.4 Å². The Kier molecular flexibility index (Phi) is 31.2. The topological polar surface area (TPSA) is 501 Å². The Labute approximate surface area is 874 Å². The Bertz CT molecular complexity index is 7210. The molecule has 3 atom stereocenters. The lowest BCUT2D eigenvalue weighted by Crippen LogP contribution is -2.41. The molecule has 0 amide bonds. The van der Waals surface area contributed by atoms with Crippen LogP contribution in [0.1, 0.15) is 247 Å². The molecule has 150 heavy (non-hydrogen) atoms. The number of allylic oxidation sites excluding steroid dienone is 3. The number of aromatic nitrogens is 16. The van der Waals surface area contributed by atoms with Crippen LogP contribution >= 0.6 is 11.6 Å². The van der Waals surface area contributed by atoms with Gasteiger partial charge in [-0.05, 0) is 179 Å². The molecule has 7 aromatic carbocycles. The molecule has 0 bridgehead atoms. The summed E-state index contributed by atoms with van der Waals surface area (Å²) in [5.41, 5.74) is 21.3. The number of alkyl halides is 1. The van der Waals surface area contributed by atoms with Crippen LogP contribution in [-0.4, -0.2) is 159 Å². The van der Waals surface area contributed by atoms with Crippen molar-refractivity contribution in [3.8, 4) is 46.0 Å². The van der Waals surface area contributed by atoms with Crippen LogP contribution < -0.4 is 71.5 Å². The van der Waals surface area contributed by atoms with E-state index in [1.165, 1.54) is 6.26 Å². The molecule has 14 N–H and O–H groups in total. The van der Waals surface area contributed by atoms with Gasteiger partial charge in [-0.3, -0.25) is 16.4 Å². The number of nitrogens with zero attached hydrogens (tertiary/aromatic N) is 16. The smallest absolute Gasteiger partial charge is 0.488 e. The average Bonchev–Trinajstić information content (AvgIpc) is 1.64. The zero-order valence-electron chi connectivity index (χ0n) is 86.3. The number of pyridine rings is 1. The third kappa shape index (κ3) is 22.4. The van der Waals surface area contributed by atoms with Gasteiger partial charge in [-0.1, -0.05) is 117 Å². The highest BCUT2D eigenvalue weighted by atomic mass is 35.5. The van der Waals surface area contributed by atoms with Gasteiger partial charge < -0.3 is 97.8 Å². The lowest BCUT2D eigenvalue weighted by molar-refractivity contribution is -0.0391.